The van der Waals surface area contributed by atoms with Gasteiger partial charge in [0.1, 0.15) is 17.6 Å². The second-order valence-corrected chi connectivity index (χ2v) is 8.55. The van der Waals surface area contributed by atoms with E-state index in [0.717, 1.165) is 24.0 Å². The quantitative estimate of drug-likeness (QED) is 0.642. The van der Waals surface area contributed by atoms with Crippen LogP contribution in [0.5, 0.6) is 11.5 Å². The molecule has 0 radical (unpaired) electrons. The molecule has 5 heteroatoms. The molecule has 3 aliphatic rings. The van der Waals surface area contributed by atoms with Crippen LogP contribution in [0, 0.1) is 23.7 Å². The Labute approximate surface area is 174 Å². The van der Waals surface area contributed by atoms with Crippen molar-refractivity contribution >= 4 is 28.3 Å². The molecule has 6 rings (SSSR count). The van der Waals surface area contributed by atoms with E-state index in [0.29, 0.717) is 11.4 Å². The predicted octanol–water partition coefficient (Wildman–Crippen LogP) is 4.77. The Balaban J connectivity index is 1.15. The van der Waals surface area contributed by atoms with Crippen molar-refractivity contribution in [3.63, 3.8) is 0 Å². The average Bonchev–Trinajstić information content (AvgIpc) is 3.38. The van der Waals surface area contributed by atoms with Gasteiger partial charge in [-0.1, -0.05) is 30.3 Å². The van der Waals surface area contributed by atoms with Gasteiger partial charge >= 0.3 is 5.97 Å². The first-order chi connectivity index (χ1) is 14.7. The minimum absolute atomic E-state index is 0.0445. The van der Waals surface area contributed by atoms with E-state index in [9.17, 15) is 9.59 Å². The summed E-state index contributed by atoms with van der Waals surface area (Å²) in [6.07, 6.45) is 1.80. The topological polar surface area (TPSA) is 64.6 Å². The Hall–Kier alpha value is -3.34. The van der Waals surface area contributed by atoms with Gasteiger partial charge in [-0.05, 0) is 65.9 Å². The number of esters is 1. The van der Waals surface area contributed by atoms with Crippen molar-refractivity contribution in [1.82, 2.24) is 0 Å². The Morgan fingerprint density at radius 1 is 0.933 bits per heavy atom. The first kappa shape index (κ1) is 17.5. The molecule has 3 aromatic rings. The summed E-state index contributed by atoms with van der Waals surface area (Å²) in [6.45, 7) is 0. The summed E-state index contributed by atoms with van der Waals surface area (Å²) >= 11 is 0. The first-order valence-corrected chi connectivity index (χ1v) is 10.4. The van der Waals surface area contributed by atoms with Crippen LogP contribution in [0.15, 0.2) is 66.7 Å². The number of fused-ring (bicyclic) bond motifs is 2. The molecule has 2 aliphatic carbocycles. The number of hydrogen-bond donors (Lipinski definition) is 1. The first-order valence-electron chi connectivity index (χ1n) is 10.4. The van der Waals surface area contributed by atoms with Crippen LogP contribution >= 0.6 is 0 Å². The number of carbonyl (C=O) groups is 2. The van der Waals surface area contributed by atoms with E-state index in [2.05, 4.69) is 17.4 Å². The molecule has 3 fully saturated rings. The molecule has 1 aliphatic heterocycles. The molecule has 2 saturated carbocycles. The Bertz CT molecular complexity index is 1150. The van der Waals surface area contributed by atoms with Gasteiger partial charge in [0.05, 0.1) is 11.8 Å². The standard InChI is InChI=1S/C25H21NO4/c27-24(22-16-12-20-21(13-16)30-25(28)23(20)22)26-17-6-9-18(10-7-17)29-19-8-5-14-3-1-2-4-15(14)11-19/h1-11,16,20-23H,12-13H2,(H,26,27)/t16-,20-,21+,22+,23-/m0/s1. The highest BCUT2D eigenvalue weighted by molar-refractivity contribution is 5.97. The van der Waals surface area contributed by atoms with Crippen molar-refractivity contribution in [2.75, 3.05) is 5.32 Å². The molecule has 1 heterocycles. The fourth-order valence-electron chi connectivity index (χ4n) is 5.56. The number of anilines is 1. The second kappa shape index (κ2) is 6.59. The number of nitrogens with one attached hydrogen (secondary N) is 1. The number of hydrogen-bond acceptors (Lipinski definition) is 4. The second-order valence-electron chi connectivity index (χ2n) is 8.55. The summed E-state index contributed by atoms with van der Waals surface area (Å²) in [5, 5.41) is 5.28. The highest BCUT2D eigenvalue weighted by Crippen LogP contribution is 2.57. The number of benzene rings is 3. The van der Waals surface area contributed by atoms with Crippen molar-refractivity contribution in [1.29, 1.82) is 0 Å². The lowest BCUT2D eigenvalue weighted by atomic mass is 9.79. The monoisotopic (exact) mass is 399 g/mol. The Morgan fingerprint density at radius 3 is 2.53 bits per heavy atom. The van der Waals surface area contributed by atoms with E-state index in [1.54, 1.807) is 0 Å². The lowest BCUT2D eigenvalue weighted by Gasteiger charge is -2.23. The summed E-state index contributed by atoms with van der Waals surface area (Å²) in [4.78, 5) is 25.0. The number of ether oxygens (including phenoxy) is 2. The zero-order valence-corrected chi connectivity index (χ0v) is 16.3. The van der Waals surface area contributed by atoms with Crippen molar-refractivity contribution < 1.29 is 19.1 Å². The third kappa shape index (κ3) is 2.76. The molecular weight excluding hydrogens is 378 g/mol. The van der Waals surface area contributed by atoms with Gasteiger partial charge in [-0.15, -0.1) is 0 Å². The van der Waals surface area contributed by atoms with Crippen LogP contribution in [-0.2, 0) is 14.3 Å². The average molecular weight is 399 g/mol. The molecule has 1 saturated heterocycles. The zero-order chi connectivity index (χ0) is 20.2. The summed E-state index contributed by atoms with van der Waals surface area (Å²) in [5.41, 5.74) is 0.705. The van der Waals surface area contributed by atoms with E-state index in [1.165, 1.54) is 5.39 Å². The Morgan fingerprint density at radius 2 is 1.70 bits per heavy atom. The highest BCUT2D eigenvalue weighted by atomic mass is 16.6. The van der Waals surface area contributed by atoms with Gasteiger partial charge in [0, 0.05) is 11.6 Å². The van der Waals surface area contributed by atoms with E-state index >= 15 is 0 Å². The molecule has 0 unspecified atom stereocenters. The normalized spacial score (nSPS) is 28.5. The van der Waals surface area contributed by atoms with Gasteiger partial charge in [-0.25, -0.2) is 0 Å². The number of carbonyl (C=O) groups excluding carboxylic acids is 2. The van der Waals surface area contributed by atoms with Crippen LogP contribution in [0.1, 0.15) is 12.8 Å². The summed E-state index contributed by atoms with van der Waals surface area (Å²) in [5.74, 6) is 1.16. The van der Waals surface area contributed by atoms with E-state index in [-0.39, 0.29) is 41.7 Å². The number of rotatable bonds is 4. The highest BCUT2D eigenvalue weighted by Gasteiger charge is 2.63. The van der Waals surface area contributed by atoms with Crippen LogP contribution in [0.4, 0.5) is 5.69 Å². The summed E-state index contributed by atoms with van der Waals surface area (Å²) < 4.78 is 11.4. The van der Waals surface area contributed by atoms with Gasteiger partial charge in [0.25, 0.3) is 0 Å². The molecule has 3 aromatic carbocycles. The van der Waals surface area contributed by atoms with Crippen LogP contribution < -0.4 is 10.1 Å². The maximum Gasteiger partial charge on any atom is 0.310 e. The lowest BCUT2D eigenvalue weighted by Crippen LogP contribution is -2.35. The smallest absolute Gasteiger partial charge is 0.310 e. The molecule has 5 atom stereocenters. The maximum absolute atomic E-state index is 12.9. The fraction of sp³-hybridized carbons (Fsp3) is 0.280. The molecular formula is C25H21NO4. The van der Waals surface area contributed by atoms with Crippen LogP contribution in [-0.4, -0.2) is 18.0 Å². The fourth-order valence-corrected chi connectivity index (χ4v) is 5.56. The van der Waals surface area contributed by atoms with E-state index < -0.39 is 0 Å². The molecule has 1 amide bonds. The van der Waals surface area contributed by atoms with Crippen molar-refractivity contribution in [2.45, 2.75) is 18.9 Å². The van der Waals surface area contributed by atoms with Gasteiger partial charge < -0.3 is 14.8 Å². The van der Waals surface area contributed by atoms with Gasteiger partial charge in [-0.3, -0.25) is 9.59 Å². The SMILES string of the molecule is O=C(Nc1ccc(Oc2ccc3ccccc3c2)cc1)[C@@H]1[C@H]2C[C@@H]3[C@@H]1C(=O)O[C@@H]3C2. The number of amides is 1. The van der Waals surface area contributed by atoms with Crippen LogP contribution in [0.3, 0.4) is 0 Å². The molecule has 0 aromatic heterocycles. The van der Waals surface area contributed by atoms with Gasteiger partial charge in [0.15, 0.2) is 0 Å². The van der Waals surface area contributed by atoms with Crippen LogP contribution in [0.25, 0.3) is 10.8 Å². The summed E-state index contributed by atoms with van der Waals surface area (Å²) in [6, 6.07) is 21.5. The molecule has 0 spiro atoms. The maximum atomic E-state index is 12.9. The lowest BCUT2D eigenvalue weighted by molar-refractivity contribution is -0.145. The minimum Gasteiger partial charge on any atom is -0.462 e. The minimum atomic E-state index is -0.269. The van der Waals surface area contributed by atoms with Gasteiger partial charge in [0.2, 0.25) is 5.91 Å². The van der Waals surface area contributed by atoms with E-state index in [1.807, 2.05) is 54.6 Å². The van der Waals surface area contributed by atoms with E-state index in [4.69, 9.17) is 9.47 Å². The third-order valence-electron chi connectivity index (χ3n) is 6.86. The molecule has 30 heavy (non-hydrogen) atoms. The van der Waals surface area contributed by atoms with Crippen molar-refractivity contribution in [3.05, 3.63) is 66.7 Å². The van der Waals surface area contributed by atoms with Gasteiger partial charge in [-0.2, -0.15) is 0 Å². The van der Waals surface area contributed by atoms with Crippen molar-refractivity contribution in [3.8, 4) is 11.5 Å². The molecule has 2 bridgehead atoms. The van der Waals surface area contributed by atoms with Crippen molar-refractivity contribution in [2.24, 2.45) is 23.7 Å². The third-order valence-corrected chi connectivity index (χ3v) is 6.86. The molecule has 1 N–H and O–H groups in total. The van der Waals surface area contributed by atoms with Crippen LogP contribution in [0.2, 0.25) is 0 Å². The molecule has 5 nitrogen and oxygen atoms in total. The summed E-state index contributed by atoms with van der Waals surface area (Å²) in [7, 11) is 0. The predicted molar refractivity (Wildman–Crippen MR) is 112 cm³/mol. The largest absolute Gasteiger partial charge is 0.462 e. The molecule has 150 valence electrons. The Kier molecular flexibility index (Phi) is 3.85. The zero-order valence-electron chi connectivity index (χ0n) is 16.3.